The van der Waals surface area contributed by atoms with Crippen LogP contribution in [0, 0.1) is 6.92 Å². The quantitative estimate of drug-likeness (QED) is 0.907. The molecule has 0 aliphatic carbocycles. The van der Waals surface area contributed by atoms with Crippen molar-refractivity contribution >= 4 is 16.9 Å². The van der Waals surface area contributed by atoms with Crippen molar-refractivity contribution in [2.24, 2.45) is 0 Å². The Bertz CT molecular complexity index is 769. The van der Waals surface area contributed by atoms with Gasteiger partial charge in [0.15, 0.2) is 5.65 Å². The van der Waals surface area contributed by atoms with Crippen molar-refractivity contribution in [3.05, 3.63) is 23.5 Å². The van der Waals surface area contributed by atoms with Crippen LogP contribution >= 0.6 is 0 Å². The van der Waals surface area contributed by atoms with Gasteiger partial charge in [-0.25, -0.2) is 9.67 Å². The maximum Gasteiger partial charge on any atom is 0.253 e. The molecule has 0 aromatic carbocycles. The third-order valence-electron chi connectivity index (χ3n) is 5.30. The van der Waals surface area contributed by atoms with Crippen LogP contribution in [-0.4, -0.2) is 38.8 Å². The van der Waals surface area contributed by atoms with Crippen LogP contribution in [0.1, 0.15) is 61.6 Å². The van der Waals surface area contributed by atoms with Gasteiger partial charge >= 0.3 is 0 Å². The molecule has 2 N–H and O–H groups in total. The van der Waals surface area contributed by atoms with E-state index < -0.39 is 0 Å². The van der Waals surface area contributed by atoms with Gasteiger partial charge in [0.2, 0.25) is 0 Å². The molecule has 24 heavy (non-hydrogen) atoms. The van der Waals surface area contributed by atoms with Gasteiger partial charge < -0.3 is 10.6 Å². The van der Waals surface area contributed by atoms with E-state index in [9.17, 15) is 4.79 Å². The van der Waals surface area contributed by atoms with Crippen LogP contribution in [0.4, 0.5) is 0 Å². The molecule has 0 radical (unpaired) electrons. The highest BCUT2D eigenvalue weighted by atomic mass is 16.1. The molecule has 4 rings (SSSR count). The van der Waals surface area contributed by atoms with Crippen LogP contribution in [0.2, 0.25) is 0 Å². The molecule has 2 saturated heterocycles. The van der Waals surface area contributed by atoms with E-state index in [1.54, 1.807) is 6.20 Å². The molecule has 2 unspecified atom stereocenters. The lowest BCUT2D eigenvalue weighted by Gasteiger charge is -2.29. The topological polar surface area (TPSA) is 71.8 Å². The summed E-state index contributed by atoms with van der Waals surface area (Å²) in [5.74, 6) is -0.00880. The summed E-state index contributed by atoms with van der Waals surface area (Å²) < 4.78 is 1.90. The van der Waals surface area contributed by atoms with E-state index in [4.69, 9.17) is 0 Å². The van der Waals surface area contributed by atoms with Crippen LogP contribution in [0.3, 0.4) is 0 Å². The predicted molar refractivity (Wildman–Crippen MR) is 93.1 cm³/mol. The summed E-state index contributed by atoms with van der Waals surface area (Å²) in [5.41, 5.74) is 2.27. The van der Waals surface area contributed by atoms with Gasteiger partial charge in [0, 0.05) is 29.6 Å². The third-order valence-corrected chi connectivity index (χ3v) is 5.30. The average Bonchev–Trinajstić information content (AvgIpc) is 3.09. The minimum Gasteiger partial charge on any atom is -0.349 e. The highest BCUT2D eigenvalue weighted by Gasteiger charge is 2.34. The molecule has 6 nitrogen and oxygen atoms in total. The third kappa shape index (κ3) is 2.69. The van der Waals surface area contributed by atoms with Crippen LogP contribution in [-0.2, 0) is 0 Å². The minimum absolute atomic E-state index is 0.00880. The van der Waals surface area contributed by atoms with Gasteiger partial charge in [-0.15, -0.1) is 0 Å². The summed E-state index contributed by atoms with van der Waals surface area (Å²) >= 11 is 0. The molecule has 6 heteroatoms. The molecule has 128 valence electrons. The number of rotatable bonds is 3. The molecule has 2 bridgehead atoms. The Morgan fingerprint density at radius 2 is 2.04 bits per heavy atom. The Hall–Kier alpha value is -1.95. The lowest BCUT2D eigenvalue weighted by molar-refractivity contribution is 0.0923. The first kappa shape index (κ1) is 15.6. The largest absolute Gasteiger partial charge is 0.349 e. The fourth-order valence-electron chi connectivity index (χ4n) is 4.11. The number of carbonyl (C=O) groups excluding carboxylic acids is 1. The summed E-state index contributed by atoms with van der Waals surface area (Å²) in [5, 5.41) is 12.1. The standard InChI is InChI=1S/C18H25N5O/c1-10(2)23-17-12(9-19-23)6-16(11(3)20-17)18(24)22-15-7-13-4-5-14(8-15)21-13/h6,9-10,13-15,21H,4-5,7-8H2,1-3H3,(H,22,24). The zero-order chi connectivity index (χ0) is 16.8. The summed E-state index contributed by atoms with van der Waals surface area (Å²) in [7, 11) is 0. The number of fused-ring (bicyclic) bond motifs is 3. The Morgan fingerprint density at radius 3 is 2.71 bits per heavy atom. The van der Waals surface area contributed by atoms with Crippen molar-refractivity contribution in [2.75, 3.05) is 0 Å². The zero-order valence-electron chi connectivity index (χ0n) is 14.5. The molecule has 2 aromatic heterocycles. The number of pyridine rings is 1. The molecular weight excluding hydrogens is 302 g/mol. The molecule has 2 aliphatic rings. The maximum atomic E-state index is 12.8. The number of nitrogens with one attached hydrogen (secondary N) is 2. The first-order valence-electron chi connectivity index (χ1n) is 8.93. The smallest absolute Gasteiger partial charge is 0.253 e. The predicted octanol–water partition coefficient (Wildman–Crippen LogP) is 2.33. The molecule has 2 atom stereocenters. The Labute approximate surface area is 142 Å². The lowest BCUT2D eigenvalue weighted by Crippen LogP contribution is -2.48. The number of carbonyl (C=O) groups is 1. The first-order chi connectivity index (χ1) is 11.5. The van der Waals surface area contributed by atoms with E-state index >= 15 is 0 Å². The van der Waals surface area contributed by atoms with Gasteiger partial charge in [-0.3, -0.25) is 4.79 Å². The first-order valence-corrected chi connectivity index (χ1v) is 8.93. The van der Waals surface area contributed by atoms with Gasteiger partial charge in [0.05, 0.1) is 17.5 Å². The minimum atomic E-state index is -0.00880. The highest BCUT2D eigenvalue weighted by Crippen LogP contribution is 2.27. The van der Waals surface area contributed by atoms with Crippen molar-refractivity contribution in [3.63, 3.8) is 0 Å². The number of aryl methyl sites for hydroxylation is 1. The van der Waals surface area contributed by atoms with Crippen LogP contribution in [0.5, 0.6) is 0 Å². The van der Waals surface area contributed by atoms with E-state index in [1.807, 2.05) is 17.7 Å². The average molecular weight is 327 g/mol. The second-order valence-electron chi connectivity index (χ2n) is 7.50. The van der Waals surface area contributed by atoms with Crippen LogP contribution in [0.25, 0.3) is 11.0 Å². The van der Waals surface area contributed by atoms with Crippen molar-refractivity contribution < 1.29 is 4.79 Å². The number of hydrogen-bond donors (Lipinski definition) is 2. The summed E-state index contributed by atoms with van der Waals surface area (Å²) in [4.78, 5) is 17.4. The molecule has 1 amide bonds. The number of nitrogens with zero attached hydrogens (tertiary/aromatic N) is 3. The number of amides is 1. The highest BCUT2D eigenvalue weighted by molar-refractivity contribution is 5.98. The summed E-state index contributed by atoms with van der Waals surface area (Å²) in [6, 6.07) is 3.58. The van der Waals surface area contributed by atoms with Crippen molar-refractivity contribution in [2.45, 2.75) is 70.6 Å². The second kappa shape index (κ2) is 5.84. The number of hydrogen-bond acceptors (Lipinski definition) is 4. The fourth-order valence-corrected chi connectivity index (χ4v) is 4.11. The molecule has 2 aliphatic heterocycles. The number of piperidine rings is 1. The molecule has 0 saturated carbocycles. The van der Waals surface area contributed by atoms with Gasteiger partial charge in [-0.05, 0) is 52.5 Å². The van der Waals surface area contributed by atoms with Crippen LogP contribution in [0.15, 0.2) is 12.3 Å². The van der Waals surface area contributed by atoms with Crippen molar-refractivity contribution in [1.82, 2.24) is 25.4 Å². The zero-order valence-corrected chi connectivity index (χ0v) is 14.5. The van der Waals surface area contributed by atoms with Gasteiger partial charge in [0.1, 0.15) is 0 Å². The second-order valence-corrected chi connectivity index (χ2v) is 7.50. The normalized spacial score (nSPS) is 26.2. The van der Waals surface area contributed by atoms with E-state index in [1.165, 1.54) is 12.8 Å². The summed E-state index contributed by atoms with van der Waals surface area (Å²) in [6.45, 7) is 6.06. The number of aromatic nitrogens is 3. The van der Waals surface area contributed by atoms with Gasteiger partial charge in [0.25, 0.3) is 5.91 Å². The van der Waals surface area contributed by atoms with E-state index in [2.05, 4.69) is 34.6 Å². The van der Waals surface area contributed by atoms with Gasteiger partial charge in [-0.2, -0.15) is 5.10 Å². The molecule has 2 fully saturated rings. The molecule has 2 aromatic rings. The van der Waals surface area contributed by atoms with Crippen molar-refractivity contribution in [1.29, 1.82) is 0 Å². The Balaban J connectivity index is 1.57. The van der Waals surface area contributed by atoms with E-state index in [-0.39, 0.29) is 18.0 Å². The monoisotopic (exact) mass is 327 g/mol. The maximum absolute atomic E-state index is 12.8. The van der Waals surface area contributed by atoms with Crippen molar-refractivity contribution in [3.8, 4) is 0 Å². The molecular formula is C18H25N5O. The van der Waals surface area contributed by atoms with E-state index in [0.29, 0.717) is 17.6 Å². The Kier molecular flexibility index (Phi) is 3.79. The lowest BCUT2D eigenvalue weighted by atomic mass is 9.99. The van der Waals surface area contributed by atoms with Crippen LogP contribution < -0.4 is 10.6 Å². The SMILES string of the molecule is Cc1nc2c(cnn2C(C)C)cc1C(=O)NC1CC2CCC(C1)N2. The molecule has 0 spiro atoms. The Morgan fingerprint density at radius 1 is 1.33 bits per heavy atom. The summed E-state index contributed by atoms with van der Waals surface area (Å²) in [6.07, 6.45) is 6.32. The molecule has 4 heterocycles. The van der Waals surface area contributed by atoms with Gasteiger partial charge in [-0.1, -0.05) is 0 Å². The van der Waals surface area contributed by atoms with E-state index in [0.717, 1.165) is 29.6 Å². The fraction of sp³-hybridized carbons (Fsp3) is 0.611.